The largest absolute Gasteiger partial charge is 0.369 e. The molecule has 2 unspecified atom stereocenters. The van der Waals surface area contributed by atoms with Crippen LogP contribution < -0.4 is 5.73 Å². The van der Waals surface area contributed by atoms with Crippen molar-refractivity contribution in [1.82, 2.24) is 14.5 Å². The standard InChI is InChI=1S/C30H29F3N4O/c1-20(21-2-4-22(5-3-21)26-11-10-25(32)18-27(26)33)37-16-13-30(19-28(37)38,23-6-8-24(31)9-7-23)12-15-36-17-14-35-29(36)34/h2-11,14,17-18,20H,12-13,15-16,19H2,1H3,(H2,34,35). The van der Waals surface area contributed by atoms with Crippen LogP contribution in [0, 0.1) is 17.5 Å². The third kappa shape index (κ3) is 5.03. The maximum atomic E-state index is 14.2. The van der Waals surface area contributed by atoms with E-state index in [1.54, 1.807) is 30.5 Å². The molecule has 3 aromatic carbocycles. The topological polar surface area (TPSA) is 64.2 Å². The highest BCUT2D eigenvalue weighted by molar-refractivity contribution is 5.79. The quantitative estimate of drug-likeness (QED) is 0.314. The van der Waals surface area contributed by atoms with Gasteiger partial charge in [-0.1, -0.05) is 36.4 Å². The van der Waals surface area contributed by atoms with Gasteiger partial charge in [0.05, 0.1) is 6.04 Å². The lowest BCUT2D eigenvalue weighted by molar-refractivity contribution is -0.138. The van der Waals surface area contributed by atoms with E-state index in [0.717, 1.165) is 17.2 Å². The van der Waals surface area contributed by atoms with Gasteiger partial charge in [-0.25, -0.2) is 18.2 Å². The molecule has 8 heteroatoms. The molecule has 1 fully saturated rings. The molecule has 2 atom stereocenters. The Balaban J connectivity index is 1.35. The Labute approximate surface area is 219 Å². The van der Waals surface area contributed by atoms with Crippen LogP contribution in [-0.2, 0) is 16.8 Å². The number of carbonyl (C=O) groups excluding carboxylic acids is 1. The summed E-state index contributed by atoms with van der Waals surface area (Å²) in [6.45, 7) is 3.10. The average Bonchev–Trinajstić information content (AvgIpc) is 3.32. The second-order valence-electron chi connectivity index (χ2n) is 9.95. The van der Waals surface area contributed by atoms with Crippen LogP contribution in [0.2, 0.25) is 0 Å². The molecule has 1 aliphatic rings. The number of aromatic nitrogens is 2. The zero-order chi connectivity index (χ0) is 26.9. The lowest BCUT2D eigenvalue weighted by Gasteiger charge is -2.44. The number of halogens is 3. The van der Waals surface area contributed by atoms with Crippen LogP contribution in [0.4, 0.5) is 19.1 Å². The number of nitrogens with two attached hydrogens (primary N) is 1. The first-order chi connectivity index (χ1) is 18.3. The lowest BCUT2D eigenvalue weighted by atomic mass is 9.70. The molecule has 0 radical (unpaired) electrons. The molecule has 0 aliphatic carbocycles. The number of anilines is 1. The first kappa shape index (κ1) is 25.6. The van der Waals surface area contributed by atoms with Gasteiger partial charge in [0.1, 0.15) is 17.5 Å². The Hall–Kier alpha value is -4.07. The first-order valence-electron chi connectivity index (χ1n) is 12.6. The highest BCUT2D eigenvalue weighted by Gasteiger charge is 2.41. The van der Waals surface area contributed by atoms with Crippen LogP contribution in [0.25, 0.3) is 11.1 Å². The summed E-state index contributed by atoms with van der Waals surface area (Å²) in [5.74, 6) is -1.12. The maximum absolute atomic E-state index is 14.2. The third-order valence-corrected chi connectivity index (χ3v) is 7.78. The number of hydrogen-bond acceptors (Lipinski definition) is 3. The van der Waals surface area contributed by atoms with E-state index in [9.17, 15) is 18.0 Å². The van der Waals surface area contributed by atoms with Gasteiger partial charge in [-0.15, -0.1) is 0 Å². The molecule has 196 valence electrons. The van der Waals surface area contributed by atoms with Crippen molar-refractivity contribution < 1.29 is 18.0 Å². The van der Waals surface area contributed by atoms with E-state index in [4.69, 9.17) is 5.73 Å². The molecule has 0 spiro atoms. The van der Waals surface area contributed by atoms with Gasteiger partial charge in [-0.2, -0.15) is 0 Å². The van der Waals surface area contributed by atoms with Gasteiger partial charge in [0, 0.05) is 48.9 Å². The third-order valence-electron chi connectivity index (χ3n) is 7.78. The molecule has 0 saturated carbocycles. The van der Waals surface area contributed by atoms with Gasteiger partial charge in [0.2, 0.25) is 5.91 Å². The van der Waals surface area contributed by atoms with Crippen molar-refractivity contribution in [1.29, 1.82) is 0 Å². The second-order valence-corrected chi connectivity index (χ2v) is 9.95. The number of nitrogen functional groups attached to an aromatic ring is 1. The number of aryl methyl sites for hydroxylation is 1. The van der Waals surface area contributed by atoms with Crippen LogP contribution in [0.5, 0.6) is 0 Å². The molecular weight excluding hydrogens is 489 g/mol. The molecule has 1 amide bonds. The van der Waals surface area contributed by atoms with E-state index < -0.39 is 17.0 Å². The minimum atomic E-state index is -0.620. The molecule has 1 aromatic heterocycles. The van der Waals surface area contributed by atoms with Gasteiger partial charge >= 0.3 is 0 Å². The second kappa shape index (κ2) is 10.4. The number of hydrogen-bond donors (Lipinski definition) is 1. The summed E-state index contributed by atoms with van der Waals surface area (Å²) in [7, 11) is 0. The van der Waals surface area contributed by atoms with Crippen molar-refractivity contribution in [3.63, 3.8) is 0 Å². The molecule has 0 bridgehead atoms. The Morgan fingerprint density at radius 2 is 1.71 bits per heavy atom. The zero-order valence-electron chi connectivity index (χ0n) is 21.1. The van der Waals surface area contributed by atoms with Crippen molar-refractivity contribution in [2.24, 2.45) is 0 Å². The predicted molar refractivity (Wildman–Crippen MR) is 140 cm³/mol. The summed E-state index contributed by atoms with van der Waals surface area (Å²) >= 11 is 0. The SMILES string of the molecule is CC(c1ccc(-c2ccc(F)cc2F)cc1)N1CCC(CCn2ccnc2N)(c2ccc(F)cc2)CC1=O. The van der Waals surface area contributed by atoms with Gasteiger partial charge in [0.25, 0.3) is 0 Å². The molecule has 2 N–H and O–H groups in total. The molecule has 1 aliphatic heterocycles. The Morgan fingerprint density at radius 3 is 2.34 bits per heavy atom. The first-order valence-corrected chi connectivity index (χ1v) is 12.6. The van der Waals surface area contributed by atoms with Crippen LogP contribution in [-0.4, -0.2) is 26.9 Å². The Kier molecular flexibility index (Phi) is 6.97. The number of rotatable bonds is 7. The van der Waals surface area contributed by atoms with Gasteiger partial charge in [0.15, 0.2) is 5.95 Å². The van der Waals surface area contributed by atoms with Crippen molar-refractivity contribution in [3.8, 4) is 11.1 Å². The van der Waals surface area contributed by atoms with E-state index in [0.29, 0.717) is 43.0 Å². The van der Waals surface area contributed by atoms with Gasteiger partial charge < -0.3 is 15.2 Å². The molecule has 5 rings (SSSR count). The summed E-state index contributed by atoms with van der Waals surface area (Å²) in [5, 5.41) is 0. The minimum Gasteiger partial charge on any atom is -0.369 e. The smallest absolute Gasteiger partial charge is 0.223 e. The van der Waals surface area contributed by atoms with Crippen LogP contribution in [0.1, 0.15) is 43.4 Å². The normalized spacial score (nSPS) is 18.5. The molecule has 1 saturated heterocycles. The van der Waals surface area contributed by atoms with E-state index in [2.05, 4.69) is 4.98 Å². The van der Waals surface area contributed by atoms with Crippen LogP contribution in [0.3, 0.4) is 0 Å². The number of nitrogens with zero attached hydrogens (tertiary/aromatic N) is 3. The zero-order valence-corrected chi connectivity index (χ0v) is 21.1. The average molecular weight is 519 g/mol. The number of likely N-dealkylation sites (tertiary alicyclic amines) is 1. The number of imidazole rings is 1. The lowest BCUT2D eigenvalue weighted by Crippen LogP contribution is -2.47. The van der Waals surface area contributed by atoms with Crippen molar-refractivity contribution in [2.75, 3.05) is 12.3 Å². The summed E-state index contributed by atoms with van der Waals surface area (Å²) < 4.78 is 43.1. The minimum absolute atomic E-state index is 0.0142. The van der Waals surface area contributed by atoms with E-state index in [-0.39, 0.29) is 24.2 Å². The van der Waals surface area contributed by atoms with Crippen molar-refractivity contribution in [3.05, 3.63) is 108 Å². The molecule has 5 nitrogen and oxygen atoms in total. The molecular formula is C30H29F3N4O. The molecule has 38 heavy (non-hydrogen) atoms. The molecule has 4 aromatic rings. The van der Waals surface area contributed by atoms with Crippen LogP contribution in [0.15, 0.2) is 79.1 Å². The molecule has 2 heterocycles. The highest BCUT2D eigenvalue weighted by atomic mass is 19.1. The van der Waals surface area contributed by atoms with Crippen molar-refractivity contribution >= 4 is 11.9 Å². The predicted octanol–water partition coefficient (Wildman–Crippen LogP) is 6.26. The summed E-state index contributed by atoms with van der Waals surface area (Å²) in [6, 6.07) is 17.1. The van der Waals surface area contributed by atoms with Gasteiger partial charge in [-0.3, -0.25) is 4.79 Å². The number of carbonyl (C=O) groups is 1. The summed E-state index contributed by atoms with van der Waals surface area (Å²) in [5.41, 5.74) is 8.32. The van der Waals surface area contributed by atoms with Crippen molar-refractivity contribution in [2.45, 2.75) is 44.2 Å². The summed E-state index contributed by atoms with van der Waals surface area (Å²) in [6.07, 6.45) is 5.11. The number of piperidine rings is 1. The van der Waals surface area contributed by atoms with Crippen LogP contribution >= 0.6 is 0 Å². The monoisotopic (exact) mass is 518 g/mol. The van der Waals surface area contributed by atoms with E-state index >= 15 is 0 Å². The fourth-order valence-electron chi connectivity index (χ4n) is 5.46. The summed E-state index contributed by atoms with van der Waals surface area (Å²) in [4.78, 5) is 19.5. The fourth-order valence-corrected chi connectivity index (χ4v) is 5.46. The number of amides is 1. The van der Waals surface area contributed by atoms with E-state index in [1.807, 2.05) is 34.7 Å². The Morgan fingerprint density at radius 1 is 1.00 bits per heavy atom. The fraction of sp³-hybridized carbons (Fsp3) is 0.267. The Bertz CT molecular complexity index is 1430. The highest BCUT2D eigenvalue weighted by Crippen LogP contribution is 2.42. The maximum Gasteiger partial charge on any atom is 0.223 e. The number of benzene rings is 3. The van der Waals surface area contributed by atoms with E-state index in [1.165, 1.54) is 24.3 Å². The van der Waals surface area contributed by atoms with Gasteiger partial charge in [-0.05, 0) is 60.7 Å².